The summed E-state index contributed by atoms with van der Waals surface area (Å²) in [4.78, 5) is 26.9. The first kappa shape index (κ1) is 22.8. The Morgan fingerprint density at radius 2 is 2.03 bits per heavy atom. The molecule has 1 aromatic heterocycles. The lowest BCUT2D eigenvalue weighted by atomic mass is 9.97. The van der Waals surface area contributed by atoms with Gasteiger partial charge in [0.2, 0.25) is 0 Å². The lowest BCUT2D eigenvalue weighted by molar-refractivity contribution is 0.0675. The van der Waals surface area contributed by atoms with Gasteiger partial charge in [-0.25, -0.2) is 9.18 Å². The Hall–Kier alpha value is -3.39. The number of urea groups is 1. The van der Waals surface area contributed by atoms with Gasteiger partial charge in [-0.2, -0.15) is 5.10 Å². The average Bonchev–Trinajstić information content (AvgIpc) is 3.27. The smallest absolute Gasteiger partial charge is 0.319 e. The molecular weight excluding hydrogens is 445 g/mol. The lowest BCUT2D eigenvalue weighted by Crippen LogP contribution is -2.44. The topological polar surface area (TPSA) is 79.3 Å². The van der Waals surface area contributed by atoms with Crippen molar-refractivity contribution in [2.24, 2.45) is 5.92 Å². The number of hydrogen-bond donors (Lipinski definition) is 2. The zero-order valence-electron chi connectivity index (χ0n) is 18.0. The molecule has 9 heteroatoms. The molecule has 0 saturated carbocycles. The van der Waals surface area contributed by atoms with Gasteiger partial charge < -0.3 is 15.5 Å². The van der Waals surface area contributed by atoms with E-state index in [1.807, 2.05) is 24.3 Å². The van der Waals surface area contributed by atoms with Crippen LogP contribution >= 0.6 is 11.6 Å². The summed E-state index contributed by atoms with van der Waals surface area (Å²) in [6, 6.07) is 12.9. The molecule has 0 bridgehead atoms. The van der Waals surface area contributed by atoms with Gasteiger partial charge in [-0.05, 0) is 48.6 Å². The van der Waals surface area contributed by atoms with E-state index in [1.54, 1.807) is 28.0 Å². The van der Waals surface area contributed by atoms with Gasteiger partial charge in [0, 0.05) is 36.5 Å². The highest BCUT2D eigenvalue weighted by Crippen LogP contribution is 2.20. The highest BCUT2D eigenvalue weighted by Gasteiger charge is 2.25. The van der Waals surface area contributed by atoms with Crippen LogP contribution in [0.15, 0.2) is 60.9 Å². The molecule has 0 aliphatic carbocycles. The number of benzene rings is 2. The van der Waals surface area contributed by atoms with E-state index in [9.17, 15) is 14.0 Å². The standard InChI is InChI=1S/C24H25ClFN5O2/c25-22-9-2-1-6-18(22)15-31-16-19(13-28-31)23(32)30-10-4-5-17(14-30)12-27-24(33)29-21-8-3-7-20(26)11-21/h1-3,6-9,11,13,16-17H,4-5,10,12,14-15H2,(H2,27,29,33). The molecule has 7 nitrogen and oxygen atoms in total. The second-order valence-electron chi connectivity index (χ2n) is 8.12. The van der Waals surface area contributed by atoms with E-state index >= 15 is 0 Å². The number of aromatic nitrogens is 2. The minimum Gasteiger partial charge on any atom is -0.338 e. The van der Waals surface area contributed by atoms with Crippen LogP contribution in [-0.4, -0.2) is 46.3 Å². The van der Waals surface area contributed by atoms with Crippen molar-refractivity contribution in [3.63, 3.8) is 0 Å². The molecule has 2 N–H and O–H groups in total. The summed E-state index contributed by atoms with van der Waals surface area (Å²) in [5, 5.41) is 10.4. The minimum atomic E-state index is -0.413. The Bertz CT molecular complexity index is 1140. The van der Waals surface area contributed by atoms with Crippen molar-refractivity contribution in [1.82, 2.24) is 20.0 Å². The largest absolute Gasteiger partial charge is 0.338 e. The van der Waals surface area contributed by atoms with Gasteiger partial charge in [-0.15, -0.1) is 0 Å². The normalized spacial score (nSPS) is 15.8. The number of likely N-dealkylation sites (tertiary alicyclic amines) is 1. The Labute approximate surface area is 196 Å². The zero-order chi connectivity index (χ0) is 23.2. The van der Waals surface area contributed by atoms with Gasteiger partial charge in [0.15, 0.2) is 0 Å². The first-order valence-corrected chi connectivity index (χ1v) is 11.2. The molecule has 1 unspecified atom stereocenters. The monoisotopic (exact) mass is 469 g/mol. The first-order valence-electron chi connectivity index (χ1n) is 10.8. The van der Waals surface area contributed by atoms with Crippen molar-refractivity contribution in [2.75, 3.05) is 25.0 Å². The number of rotatable bonds is 6. The molecule has 1 fully saturated rings. The molecule has 172 valence electrons. The van der Waals surface area contributed by atoms with Crippen molar-refractivity contribution in [3.05, 3.63) is 82.9 Å². The van der Waals surface area contributed by atoms with Crippen LogP contribution in [0.1, 0.15) is 28.8 Å². The summed E-state index contributed by atoms with van der Waals surface area (Å²) in [6.45, 7) is 2.13. The number of anilines is 1. The van der Waals surface area contributed by atoms with Crippen LogP contribution in [0.25, 0.3) is 0 Å². The molecule has 1 saturated heterocycles. The molecule has 3 aromatic rings. The molecule has 0 spiro atoms. The highest BCUT2D eigenvalue weighted by atomic mass is 35.5. The van der Waals surface area contributed by atoms with E-state index in [2.05, 4.69) is 15.7 Å². The van der Waals surface area contributed by atoms with Crippen molar-refractivity contribution in [3.8, 4) is 0 Å². The fourth-order valence-electron chi connectivity index (χ4n) is 3.94. The van der Waals surface area contributed by atoms with Crippen molar-refractivity contribution in [2.45, 2.75) is 19.4 Å². The third-order valence-corrected chi connectivity index (χ3v) is 5.98. The van der Waals surface area contributed by atoms with Crippen LogP contribution in [0.3, 0.4) is 0 Å². The van der Waals surface area contributed by atoms with Gasteiger partial charge in [0.25, 0.3) is 5.91 Å². The number of halogens is 2. The Kier molecular flexibility index (Phi) is 7.24. The molecule has 2 heterocycles. The maximum absolute atomic E-state index is 13.3. The number of carbonyl (C=O) groups is 2. The number of hydrogen-bond acceptors (Lipinski definition) is 3. The van der Waals surface area contributed by atoms with Crippen LogP contribution in [0.5, 0.6) is 0 Å². The second-order valence-corrected chi connectivity index (χ2v) is 8.53. The van der Waals surface area contributed by atoms with E-state index in [-0.39, 0.29) is 11.8 Å². The third kappa shape index (κ3) is 6.10. The van der Waals surface area contributed by atoms with Crippen molar-refractivity contribution in [1.29, 1.82) is 0 Å². The first-order chi connectivity index (χ1) is 16.0. The fraction of sp³-hybridized carbons (Fsp3) is 0.292. The number of piperidine rings is 1. The molecule has 0 radical (unpaired) electrons. The van der Waals surface area contributed by atoms with Crippen molar-refractivity contribution >= 4 is 29.2 Å². The van der Waals surface area contributed by atoms with E-state index in [0.29, 0.717) is 42.5 Å². The maximum Gasteiger partial charge on any atom is 0.319 e. The highest BCUT2D eigenvalue weighted by molar-refractivity contribution is 6.31. The predicted molar refractivity (Wildman–Crippen MR) is 125 cm³/mol. The molecule has 4 rings (SSSR count). The number of nitrogens with zero attached hydrogens (tertiary/aromatic N) is 3. The zero-order valence-corrected chi connectivity index (χ0v) is 18.8. The number of amides is 3. The maximum atomic E-state index is 13.3. The summed E-state index contributed by atoms with van der Waals surface area (Å²) in [5.74, 6) is -0.349. The van der Waals surface area contributed by atoms with Crippen LogP contribution in [0, 0.1) is 11.7 Å². The minimum absolute atomic E-state index is 0.0747. The van der Waals surface area contributed by atoms with E-state index in [0.717, 1.165) is 18.4 Å². The van der Waals surface area contributed by atoms with Gasteiger partial charge in [0.05, 0.1) is 18.3 Å². The molecule has 33 heavy (non-hydrogen) atoms. The summed E-state index contributed by atoms with van der Waals surface area (Å²) >= 11 is 6.22. The number of nitrogens with one attached hydrogen (secondary N) is 2. The Morgan fingerprint density at radius 1 is 1.18 bits per heavy atom. The third-order valence-electron chi connectivity index (χ3n) is 5.61. The van der Waals surface area contributed by atoms with Crippen LogP contribution in [-0.2, 0) is 6.54 Å². The average molecular weight is 470 g/mol. The number of carbonyl (C=O) groups excluding carboxylic acids is 2. The molecule has 3 amide bonds. The molecule has 1 aliphatic rings. The van der Waals surface area contributed by atoms with E-state index in [4.69, 9.17) is 11.6 Å². The predicted octanol–water partition coefficient (Wildman–Crippen LogP) is 4.40. The molecular formula is C24H25ClFN5O2. The summed E-state index contributed by atoms with van der Waals surface area (Å²) < 4.78 is 15.0. The van der Waals surface area contributed by atoms with Crippen LogP contribution < -0.4 is 10.6 Å². The van der Waals surface area contributed by atoms with Crippen LogP contribution in [0.4, 0.5) is 14.9 Å². The van der Waals surface area contributed by atoms with Gasteiger partial charge in [-0.1, -0.05) is 35.9 Å². The fourth-order valence-corrected chi connectivity index (χ4v) is 4.13. The SMILES string of the molecule is O=C(NCC1CCCN(C(=O)c2cnn(Cc3ccccc3Cl)c2)C1)Nc1cccc(F)c1. The van der Waals surface area contributed by atoms with Gasteiger partial charge >= 0.3 is 6.03 Å². The molecule has 1 aliphatic heterocycles. The van der Waals surface area contributed by atoms with E-state index in [1.165, 1.54) is 18.2 Å². The Morgan fingerprint density at radius 3 is 2.85 bits per heavy atom. The quantitative estimate of drug-likeness (QED) is 0.561. The molecule has 2 aromatic carbocycles. The summed E-state index contributed by atoms with van der Waals surface area (Å²) in [6.07, 6.45) is 5.08. The second kappa shape index (κ2) is 10.5. The molecule has 1 atom stereocenters. The van der Waals surface area contributed by atoms with Crippen LogP contribution in [0.2, 0.25) is 5.02 Å². The summed E-state index contributed by atoms with van der Waals surface area (Å²) in [5.41, 5.74) is 1.85. The Balaban J connectivity index is 1.29. The lowest BCUT2D eigenvalue weighted by Gasteiger charge is -2.32. The van der Waals surface area contributed by atoms with Crippen molar-refractivity contribution < 1.29 is 14.0 Å². The van der Waals surface area contributed by atoms with E-state index < -0.39 is 11.8 Å². The summed E-state index contributed by atoms with van der Waals surface area (Å²) in [7, 11) is 0. The van der Waals surface area contributed by atoms with Gasteiger partial charge in [-0.3, -0.25) is 9.48 Å². The van der Waals surface area contributed by atoms with Gasteiger partial charge in [0.1, 0.15) is 5.82 Å².